The summed E-state index contributed by atoms with van der Waals surface area (Å²) in [6.07, 6.45) is 2.94. The molecule has 2 aromatic heterocycles. The van der Waals surface area contributed by atoms with E-state index in [1.807, 2.05) is 29.9 Å². The monoisotopic (exact) mass is 348 g/mol. The maximum Gasteiger partial charge on any atom is 0.276 e. The first-order chi connectivity index (χ1) is 12.6. The van der Waals surface area contributed by atoms with Crippen LogP contribution in [0.25, 0.3) is 11.3 Å². The predicted molar refractivity (Wildman–Crippen MR) is 97.9 cm³/mol. The van der Waals surface area contributed by atoms with E-state index in [0.29, 0.717) is 19.5 Å². The minimum absolute atomic E-state index is 0.0804. The van der Waals surface area contributed by atoms with Crippen LogP contribution in [0.1, 0.15) is 21.7 Å². The number of hydrogen-bond acceptors (Lipinski definition) is 4. The summed E-state index contributed by atoms with van der Waals surface area (Å²) in [6, 6.07) is 13.3. The summed E-state index contributed by atoms with van der Waals surface area (Å²) in [7, 11) is 1.96. The summed E-state index contributed by atoms with van der Waals surface area (Å²) in [5.41, 5.74) is 4.57. The third-order valence-electron chi connectivity index (χ3n) is 4.80. The van der Waals surface area contributed by atoms with E-state index in [2.05, 4.69) is 22.2 Å². The van der Waals surface area contributed by atoms with E-state index in [1.165, 1.54) is 17.8 Å². The Balaban J connectivity index is 1.62. The molecule has 1 amide bonds. The standard InChI is InChI=1S/C20H20N4O2/c1-23-19(14-6-3-2-4-7-14)15-9-12-24(13-10-16(15)22-23)20(26)18-17(25)8-5-11-21-18/h2-8,11,25H,9-10,12-13H2,1H3. The zero-order chi connectivity index (χ0) is 18.1. The van der Waals surface area contributed by atoms with Crippen LogP contribution >= 0.6 is 0 Å². The number of fused-ring (bicyclic) bond motifs is 1. The van der Waals surface area contributed by atoms with E-state index in [9.17, 15) is 9.90 Å². The van der Waals surface area contributed by atoms with E-state index in [-0.39, 0.29) is 17.4 Å². The Labute approximate surface area is 151 Å². The number of hydrogen-bond donors (Lipinski definition) is 1. The molecule has 6 heteroatoms. The van der Waals surface area contributed by atoms with Crippen LogP contribution in [0.5, 0.6) is 5.75 Å². The van der Waals surface area contributed by atoms with Gasteiger partial charge in [-0.2, -0.15) is 5.10 Å². The summed E-state index contributed by atoms with van der Waals surface area (Å²) in [5, 5.41) is 14.6. The van der Waals surface area contributed by atoms with Crippen LogP contribution in [0.2, 0.25) is 0 Å². The highest BCUT2D eigenvalue weighted by Crippen LogP contribution is 2.29. The Hall–Kier alpha value is -3.15. The highest BCUT2D eigenvalue weighted by molar-refractivity contribution is 5.94. The van der Waals surface area contributed by atoms with Crippen LogP contribution in [0.4, 0.5) is 0 Å². The van der Waals surface area contributed by atoms with Gasteiger partial charge in [0, 0.05) is 43.9 Å². The van der Waals surface area contributed by atoms with Gasteiger partial charge in [-0.3, -0.25) is 9.48 Å². The van der Waals surface area contributed by atoms with Crippen molar-refractivity contribution >= 4 is 5.91 Å². The fourth-order valence-corrected chi connectivity index (χ4v) is 3.56. The van der Waals surface area contributed by atoms with Gasteiger partial charge in [0.05, 0.1) is 11.4 Å². The van der Waals surface area contributed by atoms with Crippen molar-refractivity contribution in [3.8, 4) is 17.0 Å². The molecule has 132 valence electrons. The number of carbonyl (C=O) groups excluding carboxylic acids is 1. The van der Waals surface area contributed by atoms with Crippen LogP contribution in [0.15, 0.2) is 48.7 Å². The minimum atomic E-state index is -0.237. The zero-order valence-corrected chi connectivity index (χ0v) is 14.6. The van der Waals surface area contributed by atoms with Crippen LogP contribution in [-0.4, -0.2) is 43.8 Å². The van der Waals surface area contributed by atoms with Gasteiger partial charge in [0.1, 0.15) is 5.75 Å². The van der Waals surface area contributed by atoms with E-state index < -0.39 is 0 Å². The van der Waals surface area contributed by atoms with Gasteiger partial charge in [0.2, 0.25) is 0 Å². The van der Waals surface area contributed by atoms with Crippen molar-refractivity contribution in [2.45, 2.75) is 12.8 Å². The molecule has 1 aromatic carbocycles. The van der Waals surface area contributed by atoms with Crippen molar-refractivity contribution in [3.05, 3.63) is 65.6 Å². The zero-order valence-electron chi connectivity index (χ0n) is 14.6. The normalized spacial score (nSPS) is 14.0. The maximum atomic E-state index is 12.7. The number of amides is 1. The fourth-order valence-electron chi connectivity index (χ4n) is 3.56. The second-order valence-electron chi connectivity index (χ2n) is 6.43. The van der Waals surface area contributed by atoms with Gasteiger partial charge in [-0.05, 0) is 18.6 Å². The van der Waals surface area contributed by atoms with Crippen molar-refractivity contribution in [2.75, 3.05) is 13.1 Å². The van der Waals surface area contributed by atoms with Gasteiger partial charge < -0.3 is 10.0 Å². The van der Waals surface area contributed by atoms with Crippen molar-refractivity contribution in [2.24, 2.45) is 7.05 Å². The Kier molecular flexibility index (Phi) is 4.16. The number of benzene rings is 1. The Morgan fingerprint density at radius 1 is 1.08 bits per heavy atom. The van der Waals surface area contributed by atoms with Gasteiger partial charge in [0.15, 0.2) is 5.69 Å². The van der Waals surface area contributed by atoms with Crippen molar-refractivity contribution < 1.29 is 9.90 Å². The maximum absolute atomic E-state index is 12.7. The molecular weight excluding hydrogens is 328 g/mol. The Morgan fingerprint density at radius 3 is 2.62 bits per heavy atom. The first-order valence-electron chi connectivity index (χ1n) is 8.68. The third kappa shape index (κ3) is 2.83. The van der Waals surface area contributed by atoms with Crippen LogP contribution in [-0.2, 0) is 19.9 Å². The van der Waals surface area contributed by atoms with Crippen LogP contribution < -0.4 is 0 Å². The molecular formula is C20H20N4O2. The summed E-state index contributed by atoms with van der Waals surface area (Å²) < 4.78 is 1.93. The van der Waals surface area contributed by atoms with Gasteiger partial charge >= 0.3 is 0 Å². The van der Waals surface area contributed by atoms with Crippen molar-refractivity contribution in [3.63, 3.8) is 0 Å². The van der Waals surface area contributed by atoms with Crippen molar-refractivity contribution in [1.29, 1.82) is 0 Å². The van der Waals surface area contributed by atoms with Gasteiger partial charge in [-0.1, -0.05) is 30.3 Å². The smallest absolute Gasteiger partial charge is 0.276 e. The average Bonchev–Trinajstić information content (AvgIpc) is 2.83. The Bertz CT molecular complexity index is 950. The van der Waals surface area contributed by atoms with E-state index >= 15 is 0 Å². The molecule has 0 unspecified atom stereocenters. The van der Waals surface area contributed by atoms with E-state index in [4.69, 9.17) is 0 Å². The van der Waals surface area contributed by atoms with Crippen LogP contribution in [0, 0.1) is 0 Å². The van der Waals surface area contributed by atoms with Crippen LogP contribution in [0.3, 0.4) is 0 Å². The summed E-state index contributed by atoms with van der Waals surface area (Å²) in [5.74, 6) is -0.318. The first kappa shape index (κ1) is 16.3. The average molecular weight is 348 g/mol. The molecule has 1 aliphatic heterocycles. The second-order valence-corrected chi connectivity index (χ2v) is 6.43. The summed E-state index contributed by atoms with van der Waals surface area (Å²) in [6.45, 7) is 1.14. The lowest BCUT2D eigenvalue weighted by atomic mass is 10.0. The number of carbonyl (C=O) groups is 1. The molecule has 0 saturated carbocycles. The molecule has 0 saturated heterocycles. The lowest BCUT2D eigenvalue weighted by molar-refractivity contribution is 0.0753. The molecule has 26 heavy (non-hydrogen) atoms. The lowest BCUT2D eigenvalue weighted by Gasteiger charge is -2.20. The molecule has 0 fully saturated rings. The number of nitrogens with zero attached hydrogens (tertiary/aromatic N) is 4. The number of rotatable bonds is 2. The fraction of sp³-hybridized carbons (Fsp3) is 0.250. The predicted octanol–water partition coefficient (Wildman–Crippen LogP) is 2.43. The van der Waals surface area contributed by atoms with Gasteiger partial charge in [0.25, 0.3) is 5.91 Å². The molecule has 0 radical (unpaired) electrons. The van der Waals surface area contributed by atoms with Gasteiger partial charge in [-0.25, -0.2) is 4.98 Å². The highest BCUT2D eigenvalue weighted by Gasteiger charge is 2.26. The van der Waals surface area contributed by atoms with E-state index in [1.54, 1.807) is 11.0 Å². The SMILES string of the molecule is Cn1nc2c(c1-c1ccccc1)CCN(C(=O)c1ncccc1O)CC2. The Morgan fingerprint density at radius 2 is 1.85 bits per heavy atom. The molecule has 0 spiro atoms. The number of pyridine rings is 1. The molecule has 3 heterocycles. The topological polar surface area (TPSA) is 71.2 Å². The lowest BCUT2D eigenvalue weighted by Crippen LogP contribution is -2.34. The highest BCUT2D eigenvalue weighted by atomic mass is 16.3. The largest absolute Gasteiger partial charge is 0.505 e. The van der Waals surface area contributed by atoms with Crippen molar-refractivity contribution in [1.82, 2.24) is 19.7 Å². The minimum Gasteiger partial charge on any atom is -0.505 e. The number of aryl methyl sites for hydroxylation is 1. The molecule has 4 rings (SSSR count). The molecule has 0 atom stereocenters. The summed E-state index contributed by atoms with van der Waals surface area (Å²) in [4.78, 5) is 18.5. The molecule has 6 nitrogen and oxygen atoms in total. The molecule has 1 aliphatic rings. The first-order valence-corrected chi connectivity index (χ1v) is 8.68. The molecule has 1 N–H and O–H groups in total. The summed E-state index contributed by atoms with van der Waals surface area (Å²) >= 11 is 0. The quantitative estimate of drug-likeness (QED) is 0.772. The molecule has 0 aliphatic carbocycles. The molecule has 0 bridgehead atoms. The number of aromatic nitrogens is 3. The van der Waals surface area contributed by atoms with E-state index in [0.717, 1.165) is 23.4 Å². The molecule has 3 aromatic rings. The third-order valence-corrected chi connectivity index (χ3v) is 4.80. The number of aromatic hydroxyl groups is 1. The second kappa shape index (κ2) is 6.63. The van der Waals surface area contributed by atoms with Gasteiger partial charge in [-0.15, -0.1) is 0 Å².